The molecule has 0 spiro atoms. The highest BCUT2D eigenvalue weighted by atomic mass is 16.5. The molecule has 0 saturated carbocycles. The summed E-state index contributed by atoms with van der Waals surface area (Å²) in [5.74, 6) is -0.557. The first-order valence-corrected chi connectivity index (χ1v) is 8.15. The van der Waals surface area contributed by atoms with Gasteiger partial charge in [-0.05, 0) is 29.8 Å². The van der Waals surface area contributed by atoms with Gasteiger partial charge in [0.15, 0.2) is 6.61 Å². The Labute approximate surface area is 150 Å². The third kappa shape index (κ3) is 4.38. The Morgan fingerprint density at radius 3 is 2.42 bits per heavy atom. The Morgan fingerprint density at radius 1 is 1.04 bits per heavy atom. The Morgan fingerprint density at radius 2 is 1.77 bits per heavy atom. The number of imide groups is 1. The normalized spacial score (nSPS) is 13.2. The van der Waals surface area contributed by atoms with Gasteiger partial charge in [-0.2, -0.15) is 0 Å². The van der Waals surface area contributed by atoms with E-state index in [1.165, 1.54) is 0 Å². The standard InChI is InChI=1S/C19H18N2O5/c22-17(21-11-10-20-19(21)24)13-26-18(23)15-6-8-16(9-7-15)25-12-14-4-2-1-3-5-14/h1-9H,10-13H2,(H,20,24). The second-order valence-corrected chi connectivity index (χ2v) is 5.65. The molecule has 7 heteroatoms. The van der Waals surface area contributed by atoms with Crippen molar-refractivity contribution >= 4 is 17.9 Å². The van der Waals surface area contributed by atoms with E-state index in [-0.39, 0.29) is 6.54 Å². The predicted octanol–water partition coefficient (Wildman–Crippen LogP) is 1.97. The fraction of sp³-hybridized carbons (Fsp3) is 0.211. The molecule has 0 unspecified atom stereocenters. The number of carbonyl (C=O) groups excluding carboxylic acids is 3. The quantitative estimate of drug-likeness (QED) is 0.802. The number of ether oxygens (including phenoxy) is 2. The number of carbonyl (C=O) groups is 3. The molecule has 0 radical (unpaired) electrons. The maximum absolute atomic E-state index is 12.0. The van der Waals surface area contributed by atoms with Gasteiger partial charge in [0, 0.05) is 13.1 Å². The lowest BCUT2D eigenvalue weighted by molar-refractivity contribution is -0.130. The lowest BCUT2D eigenvalue weighted by atomic mass is 10.2. The van der Waals surface area contributed by atoms with Gasteiger partial charge in [0.1, 0.15) is 12.4 Å². The van der Waals surface area contributed by atoms with Gasteiger partial charge in [-0.15, -0.1) is 0 Å². The fourth-order valence-corrected chi connectivity index (χ4v) is 2.43. The number of nitrogens with one attached hydrogen (secondary N) is 1. The molecule has 134 valence electrons. The van der Waals surface area contributed by atoms with E-state index in [0.717, 1.165) is 10.5 Å². The molecule has 1 aliphatic heterocycles. The average Bonchev–Trinajstić information content (AvgIpc) is 3.11. The van der Waals surface area contributed by atoms with Gasteiger partial charge in [-0.3, -0.25) is 9.69 Å². The zero-order valence-electron chi connectivity index (χ0n) is 14.0. The topological polar surface area (TPSA) is 84.9 Å². The molecule has 3 amide bonds. The van der Waals surface area contributed by atoms with E-state index in [1.54, 1.807) is 24.3 Å². The number of esters is 1. The molecule has 0 aliphatic carbocycles. The first-order chi connectivity index (χ1) is 12.6. The summed E-state index contributed by atoms with van der Waals surface area (Å²) in [5, 5.41) is 2.51. The number of benzene rings is 2. The van der Waals surface area contributed by atoms with E-state index in [2.05, 4.69) is 5.32 Å². The van der Waals surface area contributed by atoms with Crippen LogP contribution in [-0.2, 0) is 16.1 Å². The van der Waals surface area contributed by atoms with Crippen LogP contribution < -0.4 is 10.1 Å². The zero-order valence-corrected chi connectivity index (χ0v) is 14.0. The van der Waals surface area contributed by atoms with Crippen molar-refractivity contribution in [2.24, 2.45) is 0 Å². The molecule has 7 nitrogen and oxygen atoms in total. The molecule has 3 rings (SSSR count). The van der Waals surface area contributed by atoms with Crippen molar-refractivity contribution in [1.29, 1.82) is 0 Å². The molecule has 0 bridgehead atoms. The number of rotatable bonds is 6. The van der Waals surface area contributed by atoms with Gasteiger partial charge in [0.05, 0.1) is 5.56 Å². The molecule has 1 fully saturated rings. The van der Waals surface area contributed by atoms with Gasteiger partial charge >= 0.3 is 12.0 Å². The summed E-state index contributed by atoms with van der Waals surface area (Å²) in [5.41, 5.74) is 1.34. The lowest BCUT2D eigenvalue weighted by Crippen LogP contribution is -2.37. The third-order valence-electron chi connectivity index (χ3n) is 3.82. The van der Waals surface area contributed by atoms with Crippen molar-refractivity contribution in [3.8, 4) is 5.75 Å². The number of hydrogen-bond acceptors (Lipinski definition) is 5. The maximum atomic E-state index is 12.0. The van der Waals surface area contributed by atoms with E-state index >= 15 is 0 Å². The largest absolute Gasteiger partial charge is 0.489 e. The van der Waals surface area contributed by atoms with Crippen LogP contribution in [0.5, 0.6) is 5.75 Å². The molecule has 1 saturated heterocycles. The molecule has 1 N–H and O–H groups in total. The minimum atomic E-state index is -0.632. The minimum absolute atomic E-state index is 0.280. The van der Waals surface area contributed by atoms with Gasteiger partial charge in [0.25, 0.3) is 5.91 Å². The number of amides is 3. The van der Waals surface area contributed by atoms with Crippen molar-refractivity contribution in [1.82, 2.24) is 10.2 Å². The van der Waals surface area contributed by atoms with Gasteiger partial charge in [-0.25, -0.2) is 9.59 Å². The first kappa shape index (κ1) is 17.5. The second-order valence-electron chi connectivity index (χ2n) is 5.65. The summed E-state index contributed by atoms with van der Waals surface area (Å²) in [7, 11) is 0. The van der Waals surface area contributed by atoms with Crippen LogP contribution in [0.25, 0.3) is 0 Å². The van der Waals surface area contributed by atoms with E-state index in [4.69, 9.17) is 9.47 Å². The predicted molar refractivity (Wildman–Crippen MR) is 92.6 cm³/mol. The Balaban J connectivity index is 1.49. The van der Waals surface area contributed by atoms with Crippen LogP contribution in [0.15, 0.2) is 54.6 Å². The summed E-state index contributed by atoms with van der Waals surface area (Å²) in [6, 6.07) is 15.7. The van der Waals surface area contributed by atoms with Crippen LogP contribution in [0.2, 0.25) is 0 Å². The highest BCUT2D eigenvalue weighted by Gasteiger charge is 2.26. The van der Waals surface area contributed by atoms with Crippen molar-refractivity contribution in [3.05, 3.63) is 65.7 Å². The maximum Gasteiger partial charge on any atom is 0.338 e. The molecule has 1 aliphatic rings. The summed E-state index contributed by atoms with van der Waals surface area (Å²) >= 11 is 0. The Bertz CT molecular complexity index is 789. The minimum Gasteiger partial charge on any atom is -0.489 e. The van der Waals surface area contributed by atoms with Crippen molar-refractivity contribution < 1.29 is 23.9 Å². The summed E-state index contributed by atoms with van der Waals surface area (Å²) in [6.07, 6.45) is 0. The van der Waals surface area contributed by atoms with Crippen molar-refractivity contribution in [2.75, 3.05) is 19.7 Å². The summed E-state index contributed by atoms with van der Waals surface area (Å²) in [6.45, 7) is 0.640. The molecule has 1 heterocycles. The van der Waals surface area contributed by atoms with Gasteiger partial charge in [-0.1, -0.05) is 30.3 Å². The fourth-order valence-electron chi connectivity index (χ4n) is 2.43. The Kier molecular flexibility index (Phi) is 5.48. The van der Waals surface area contributed by atoms with Crippen LogP contribution in [0.3, 0.4) is 0 Å². The van der Waals surface area contributed by atoms with Crippen molar-refractivity contribution in [2.45, 2.75) is 6.61 Å². The smallest absolute Gasteiger partial charge is 0.338 e. The summed E-state index contributed by atoms with van der Waals surface area (Å²) in [4.78, 5) is 36.2. The SMILES string of the molecule is O=C(OCC(=O)N1CCNC1=O)c1ccc(OCc2ccccc2)cc1. The number of urea groups is 1. The first-order valence-electron chi connectivity index (χ1n) is 8.15. The lowest BCUT2D eigenvalue weighted by Gasteiger charge is -2.12. The van der Waals surface area contributed by atoms with Crippen LogP contribution in [0.4, 0.5) is 4.79 Å². The van der Waals surface area contributed by atoms with Gasteiger partial charge < -0.3 is 14.8 Å². The molecule has 2 aromatic rings. The molecule has 26 heavy (non-hydrogen) atoms. The van der Waals surface area contributed by atoms with E-state index in [0.29, 0.717) is 24.5 Å². The Hall–Kier alpha value is -3.35. The number of hydrogen-bond donors (Lipinski definition) is 1. The number of nitrogens with zero attached hydrogens (tertiary/aromatic N) is 1. The summed E-state index contributed by atoms with van der Waals surface area (Å²) < 4.78 is 10.6. The molecule has 2 aromatic carbocycles. The molecular formula is C19H18N2O5. The average molecular weight is 354 g/mol. The van der Waals surface area contributed by atoms with Gasteiger partial charge in [0.2, 0.25) is 0 Å². The monoisotopic (exact) mass is 354 g/mol. The second kappa shape index (κ2) is 8.15. The molecular weight excluding hydrogens is 336 g/mol. The van der Waals surface area contributed by atoms with Crippen LogP contribution in [-0.4, -0.2) is 42.5 Å². The van der Waals surface area contributed by atoms with E-state index < -0.39 is 24.5 Å². The molecule has 0 atom stereocenters. The van der Waals surface area contributed by atoms with Crippen molar-refractivity contribution in [3.63, 3.8) is 0 Å². The highest BCUT2D eigenvalue weighted by molar-refractivity contribution is 5.98. The van der Waals surface area contributed by atoms with E-state index in [1.807, 2.05) is 30.3 Å². The molecule has 0 aromatic heterocycles. The zero-order chi connectivity index (χ0) is 18.4. The highest BCUT2D eigenvalue weighted by Crippen LogP contribution is 2.15. The van der Waals surface area contributed by atoms with Crippen LogP contribution in [0, 0.1) is 0 Å². The van der Waals surface area contributed by atoms with Crippen LogP contribution in [0.1, 0.15) is 15.9 Å². The third-order valence-corrected chi connectivity index (χ3v) is 3.82. The van der Waals surface area contributed by atoms with Crippen LogP contribution >= 0.6 is 0 Å². The van der Waals surface area contributed by atoms with E-state index in [9.17, 15) is 14.4 Å².